The van der Waals surface area contributed by atoms with Gasteiger partial charge in [0.25, 0.3) is 0 Å². The van der Waals surface area contributed by atoms with Crippen molar-refractivity contribution >= 4 is 26.0 Å². The van der Waals surface area contributed by atoms with Gasteiger partial charge < -0.3 is 5.32 Å². The normalized spacial score (nSPS) is 16.2. The molecule has 6 heteroatoms. The summed E-state index contributed by atoms with van der Waals surface area (Å²) >= 11 is 3.38. The van der Waals surface area contributed by atoms with Crippen molar-refractivity contribution in [2.24, 2.45) is 5.41 Å². The van der Waals surface area contributed by atoms with Crippen LogP contribution in [0.5, 0.6) is 0 Å². The molecule has 0 saturated heterocycles. The zero-order valence-corrected chi connectivity index (χ0v) is 15.1. The minimum atomic E-state index is -3.48. The second-order valence-corrected chi connectivity index (χ2v) is 9.39. The Balaban J connectivity index is 2.07. The van der Waals surface area contributed by atoms with Crippen LogP contribution in [-0.2, 0) is 16.6 Å². The fourth-order valence-corrected chi connectivity index (χ4v) is 4.22. The predicted octanol–water partition coefficient (Wildman–Crippen LogP) is 3.03. The number of hydrogen-bond acceptors (Lipinski definition) is 3. The van der Waals surface area contributed by atoms with Crippen molar-refractivity contribution < 1.29 is 8.42 Å². The number of rotatable bonds is 6. The van der Waals surface area contributed by atoms with Gasteiger partial charge in [0, 0.05) is 23.6 Å². The van der Waals surface area contributed by atoms with Gasteiger partial charge in [-0.15, -0.1) is 0 Å². The van der Waals surface area contributed by atoms with Crippen LogP contribution in [0.15, 0.2) is 27.6 Å². The van der Waals surface area contributed by atoms with E-state index in [0.717, 1.165) is 12.1 Å². The summed E-state index contributed by atoms with van der Waals surface area (Å²) in [6.45, 7) is 7.18. The fourth-order valence-electron chi connectivity index (χ4n) is 1.81. The van der Waals surface area contributed by atoms with Crippen LogP contribution >= 0.6 is 15.9 Å². The summed E-state index contributed by atoms with van der Waals surface area (Å²) < 4.78 is 27.9. The van der Waals surface area contributed by atoms with E-state index >= 15 is 0 Å². The molecule has 0 amide bonds. The van der Waals surface area contributed by atoms with Crippen molar-refractivity contribution in [3.63, 3.8) is 0 Å². The summed E-state index contributed by atoms with van der Waals surface area (Å²) in [7, 11) is -3.48. The third-order valence-electron chi connectivity index (χ3n) is 3.25. The zero-order valence-electron chi connectivity index (χ0n) is 12.7. The van der Waals surface area contributed by atoms with Crippen LogP contribution < -0.4 is 10.0 Å². The van der Waals surface area contributed by atoms with Crippen LogP contribution in [-0.4, -0.2) is 21.0 Å². The summed E-state index contributed by atoms with van der Waals surface area (Å²) in [5.74, 6) is 0. The summed E-state index contributed by atoms with van der Waals surface area (Å²) in [6, 6.07) is 6.05. The molecule has 0 radical (unpaired) electrons. The first kappa shape index (κ1) is 16.9. The van der Waals surface area contributed by atoms with E-state index in [-0.39, 0.29) is 5.41 Å². The highest BCUT2D eigenvalue weighted by molar-refractivity contribution is 9.10. The predicted molar refractivity (Wildman–Crippen MR) is 88.6 cm³/mol. The van der Waals surface area contributed by atoms with Crippen LogP contribution in [0.2, 0.25) is 0 Å². The molecule has 1 fully saturated rings. The maximum atomic E-state index is 12.3. The van der Waals surface area contributed by atoms with Crippen molar-refractivity contribution in [2.45, 2.75) is 51.1 Å². The van der Waals surface area contributed by atoms with E-state index in [1.165, 1.54) is 12.8 Å². The van der Waals surface area contributed by atoms with Crippen molar-refractivity contribution in [1.29, 1.82) is 0 Å². The molecule has 4 nitrogen and oxygen atoms in total. The molecule has 1 aromatic carbocycles. The van der Waals surface area contributed by atoms with Crippen molar-refractivity contribution in [1.82, 2.24) is 10.0 Å². The summed E-state index contributed by atoms with van der Waals surface area (Å²) in [6.07, 6.45) is 2.48. The molecule has 21 heavy (non-hydrogen) atoms. The van der Waals surface area contributed by atoms with Gasteiger partial charge in [-0.3, -0.25) is 0 Å². The van der Waals surface area contributed by atoms with Crippen molar-refractivity contribution in [3.8, 4) is 0 Å². The van der Waals surface area contributed by atoms with E-state index in [2.05, 4.69) is 26.0 Å². The monoisotopic (exact) mass is 374 g/mol. The Labute approximate surface area is 135 Å². The lowest BCUT2D eigenvalue weighted by Crippen LogP contribution is -2.32. The molecule has 0 aromatic heterocycles. The van der Waals surface area contributed by atoms with Crippen molar-refractivity contribution in [2.75, 3.05) is 6.54 Å². The highest BCUT2D eigenvalue weighted by Crippen LogP contribution is 2.25. The Bertz CT molecular complexity index is 605. The van der Waals surface area contributed by atoms with E-state index in [4.69, 9.17) is 0 Å². The molecule has 1 aliphatic rings. The number of nitrogens with one attached hydrogen (secondary N) is 2. The first-order valence-electron chi connectivity index (χ1n) is 7.19. The summed E-state index contributed by atoms with van der Waals surface area (Å²) in [5.41, 5.74) is 0.997. The fraction of sp³-hybridized carbons (Fsp3) is 0.600. The van der Waals surface area contributed by atoms with Gasteiger partial charge in [-0.2, -0.15) is 0 Å². The Hall–Kier alpha value is -0.430. The maximum absolute atomic E-state index is 12.3. The smallest absolute Gasteiger partial charge is 0.241 e. The SMILES string of the molecule is CC(C)(C)CNS(=O)(=O)c1ccc(CNC2CC2)cc1Br. The van der Waals surface area contributed by atoms with Crippen molar-refractivity contribution in [3.05, 3.63) is 28.2 Å². The number of sulfonamides is 1. The Morgan fingerprint density at radius 2 is 1.95 bits per heavy atom. The molecule has 0 aliphatic heterocycles. The van der Waals surface area contributed by atoms with E-state index in [1.54, 1.807) is 6.07 Å². The molecule has 0 spiro atoms. The quantitative estimate of drug-likeness (QED) is 0.804. The molecule has 1 saturated carbocycles. The second-order valence-electron chi connectivity index (χ2n) is 6.81. The van der Waals surface area contributed by atoms with Crippen LogP contribution in [0.4, 0.5) is 0 Å². The number of benzene rings is 1. The molecule has 118 valence electrons. The number of hydrogen-bond donors (Lipinski definition) is 2. The lowest BCUT2D eigenvalue weighted by atomic mass is 9.98. The molecule has 0 bridgehead atoms. The topological polar surface area (TPSA) is 58.2 Å². The van der Waals surface area contributed by atoms with Gasteiger partial charge in [-0.05, 0) is 51.9 Å². The Kier molecular flexibility index (Phi) is 5.13. The summed E-state index contributed by atoms with van der Waals surface area (Å²) in [4.78, 5) is 0.293. The van der Waals surface area contributed by atoms with Gasteiger partial charge in [0.1, 0.15) is 0 Å². The molecular formula is C15H23BrN2O2S. The third kappa shape index (κ3) is 5.36. The highest BCUT2D eigenvalue weighted by Gasteiger charge is 2.22. The average molecular weight is 375 g/mol. The molecular weight excluding hydrogens is 352 g/mol. The lowest BCUT2D eigenvalue weighted by Gasteiger charge is -2.19. The molecule has 0 heterocycles. The van der Waals surface area contributed by atoms with Crippen LogP contribution in [0, 0.1) is 5.41 Å². The Morgan fingerprint density at radius 3 is 2.48 bits per heavy atom. The van der Waals surface area contributed by atoms with Gasteiger partial charge in [0.15, 0.2) is 0 Å². The van der Waals surface area contributed by atoms with Crippen LogP contribution in [0.1, 0.15) is 39.2 Å². The molecule has 1 aromatic rings. The lowest BCUT2D eigenvalue weighted by molar-refractivity contribution is 0.407. The molecule has 2 rings (SSSR count). The van der Waals surface area contributed by atoms with Gasteiger partial charge >= 0.3 is 0 Å². The zero-order chi connectivity index (χ0) is 15.7. The number of halogens is 1. The van der Waals surface area contributed by atoms with Crippen LogP contribution in [0.3, 0.4) is 0 Å². The summed E-state index contributed by atoms with van der Waals surface area (Å²) in [5, 5.41) is 3.42. The van der Waals surface area contributed by atoms with E-state index in [0.29, 0.717) is 22.0 Å². The van der Waals surface area contributed by atoms with Gasteiger partial charge in [-0.1, -0.05) is 26.8 Å². The van der Waals surface area contributed by atoms with E-state index in [9.17, 15) is 8.42 Å². The van der Waals surface area contributed by atoms with Gasteiger partial charge in [0.05, 0.1) is 4.90 Å². The minimum absolute atomic E-state index is 0.0896. The van der Waals surface area contributed by atoms with Crippen LogP contribution in [0.25, 0.3) is 0 Å². The highest BCUT2D eigenvalue weighted by atomic mass is 79.9. The largest absolute Gasteiger partial charge is 0.310 e. The van der Waals surface area contributed by atoms with Gasteiger partial charge in [-0.25, -0.2) is 13.1 Å². The first-order valence-corrected chi connectivity index (χ1v) is 9.46. The standard InChI is InChI=1S/C15H23BrN2O2S/c1-15(2,3)10-18-21(19,20)14-7-4-11(8-13(14)16)9-17-12-5-6-12/h4,7-8,12,17-18H,5-6,9-10H2,1-3H3. The first-order chi connectivity index (χ1) is 9.67. The molecule has 0 atom stereocenters. The molecule has 0 unspecified atom stereocenters. The van der Waals surface area contributed by atoms with E-state index < -0.39 is 10.0 Å². The van der Waals surface area contributed by atoms with Gasteiger partial charge in [0.2, 0.25) is 10.0 Å². The third-order valence-corrected chi connectivity index (χ3v) is 5.63. The Morgan fingerprint density at radius 1 is 1.29 bits per heavy atom. The minimum Gasteiger partial charge on any atom is -0.310 e. The maximum Gasteiger partial charge on any atom is 0.241 e. The molecule has 1 aliphatic carbocycles. The average Bonchev–Trinajstić information content (AvgIpc) is 3.17. The van der Waals surface area contributed by atoms with E-state index in [1.807, 2.05) is 32.9 Å². The molecule has 2 N–H and O–H groups in total. The second kappa shape index (κ2) is 6.36.